The summed E-state index contributed by atoms with van der Waals surface area (Å²) in [5, 5.41) is 3.19. The summed E-state index contributed by atoms with van der Waals surface area (Å²) in [6.45, 7) is 15.0. The number of aryl methyl sites for hydroxylation is 1. The molecule has 28 heavy (non-hydrogen) atoms. The van der Waals surface area contributed by atoms with Crippen molar-refractivity contribution in [2.45, 2.75) is 98.8 Å². The van der Waals surface area contributed by atoms with E-state index in [4.69, 9.17) is 4.74 Å². The standard InChI is InChI=1S/C22H37N3O2S/c1-15-16(2)28-20(25(15)13-18-9-7-8-10-27-18)24-19(26)23-17-11-21(3,4)14-22(5,6)12-17/h17-18H,7-14H2,1-6H3,(H,23,26). The lowest BCUT2D eigenvalue weighted by Gasteiger charge is -2.44. The second-order valence-corrected chi connectivity index (χ2v) is 11.5. The Morgan fingerprint density at radius 2 is 1.89 bits per heavy atom. The molecule has 6 heteroatoms. The van der Waals surface area contributed by atoms with Crippen molar-refractivity contribution in [1.82, 2.24) is 9.88 Å². The molecule has 1 saturated carbocycles. The number of rotatable bonds is 3. The molecule has 0 bridgehead atoms. The summed E-state index contributed by atoms with van der Waals surface area (Å²) in [7, 11) is 0. The molecule has 158 valence electrons. The summed E-state index contributed by atoms with van der Waals surface area (Å²) < 4.78 is 8.09. The average Bonchev–Trinajstić information content (AvgIpc) is 2.80. The van der Waals surface area contributed by atoms with E-state index in [1.807, 2.05) is 0 Å². The van der Waals surface area contributed by atoms with Gasteiger partial charge in [0.15, 0.2) is 4.80 Å². The number of nitrogens with zero attached hydrogens (tertiary/aromatic N) is 2. The highest BCUT2D eigenvalue weighted by atomic mass is 32.1. The molecule has 1 aromatic rings. The zero-order valence-electron chi connectivity index (χ0n) is 18.4. The molecule has 1 N–H and O–H groups in total. The number of carbonyl (C=O) groups is 1. The van der Waals surface area contributed by atoms with E-state index in [1.54, 1.807) is 11.3 Å². The van der Waals surface area contributed by atoms with Crippen LogP contribution in [0.2, 0.25) is 0 Å². The third-order valence-corrected chi connectivity index (χ3v) is 7.23. The number of hydrogen-bond donors (Lipinski definition) is 1. The third kappa shape index (κ3) is 5.47. The van der Waals surface area contributed by atoms with E-state index in [0.717, 1.165) is 43.6 Å². The van der Waals surface area contributed by atoms with Gasteiger partial charge in [-0.3, -0.25) is 0 Å². The number of ether oxygens (including phenoxy) is 1. The Morgan fingerprint density at radius 1 is 1.21 bits per heavy atom. The van der Waals surface area contributed by atoms with Gasteiger partial charge < -0.3 is 14.6 Å². The van der Waals surface area contributed by atoms with Crippen LogP contribution in [0.4, 0.5) is 4.79 Å². The van der Waals surface area contributed by atoms with Gasteiger partial charge in [0.25, 0.3) is 0 Å². The molecule has 2 aliphatic rings. The number of aromatic nitrogens is 1. The van der Waals surface area contributed by atoms with Crippen LogP contribution in [0.1, 0.15) is 76.8 Å². The zero-order chi connectivity index (χ0) is 20.5. The molecule has 2 heterocycles. The van der Waals surface area contributed by atoms with Crippen molar-refractivity contribution in [1.29, 1.82) is 0 Å². The van der Waals surface area contributed by atoms with Gasteiger partial charge in [0, 0.05) is 23.2 Å². The highest BCUT2D eigenvalue weighted by molar-refractivity contribution is 7.09. The van der Waals surface area contributed by atoms with E-state index < -0.39 is 0 Å². The molecule has 2 amide bonds. The molecule has 1 unspecified atom stereocenters. The Hall–Kier alpha value is -1.14. The van der Waals surface area contributed by atoms with Gasteiger partial charge in [-0.05, 0) is 63.2 Å². The van der Waals surface area contributed by atoms with Crippen molar-refractivity contribution in [3.8, 4) is 0 Å². The Kier molecular flexibility index (Phi) is 6.40. The Labute approximate surface area is 173 Å². The van der Waals surface area contributed by atoms with E-state index in [1.165, 1.54) is 23.4 Å². The molecule has 5 nitrogen and oxygen atoms in total. The van der Waals surface area contributed by atoms with Gasteiger partial charge in [-0.15, -0.1) is 11.3 Å². The summed E-state index contributed by atoms with van der Waals surface area (Å²) in [4.78, 5) is 19.2. The lowest BCUT2D eigenvalue weighted by atomic mass is 9.63. The first kappa shape index (κ1) is 21.6. The highest BCUT2D eigenvalue weighted by Gasteiger charge is 2.38. The Morgan fingerprint density at radius 3 is 2.50 bits per heavy atom. The molecule has 0 radical (unpaired) electrons. The highest BCUT2D eigenvalue weighted by Crippen LogP contribution is 2.45. The van der Waals surface area contributed by atoms with Gasteiger partial charge >= 0.3 is 6.03 Å². The van der Waals surface area contributed by atoms with Crippen LogP contribution in [0.3, 0.4) is 0 Å². The summed E-state index contributed by atoms with van der Waals surface area (Å²) in [5.74, 6) is 0. The maximum Gasteiger partial charge on any atom is 0.343 e. The second-order valence-electron chi connectivity index (χ2n) is 10.3. The number of carbonyl (C=O) groups excluding carboxylic acids is 1. The number of nitrogens with one attached hydrogen (secondary N) is 1. The van der Waals surface area contributed by atoms with Crippen LogP contribution in [0.25, 0.3) is 0 Å². The van der Waals surface area contributed by atoms with Gasteiger partial charge in [0.2, 0.25) is 0 Å². The molecular weight excluding hydrogens is 370 g/mol. The molecule has 0 aromatic carbocycles. The Balaban J connectivity index is 1.75. The molecule has 1 saturated heterocycles. The van der Waals surface area contributed by atoms with Crippen molar-refractivity contribution in [3.63, 3.8) is 0 Å². The van der Waals surface area contributed by atoms with E-state index in [-0.39, 0.29) is 29.0 Å². The van der Waals surface area contributed by atoms with Crippen LogP contribution in [0.5, 0.6) is 0 Å². The summed E-state index contributed by atoms with van der Waals surface area (Å²) in [6.07, 6.45) is 6.88. The van der Waals surface area contributed by atoms with Gasteiger partial charge in [-0.1, -0.05) is 27.7 Å². The third-order valence-electron chi connectivity index (χ3n) is 6.13. The van der Waals surface area contributed by atoms with Crippen molar-refractivity contribution in [2.75, 3.05) is 6.61 Å². The SMILES string of the molecule is Cc1sc(=NC(=O)NC2CC(C)(C)CC(C)(C)C2)n(CC2CCCCO2)c1C. The molecule has 1 aliphatic carbocycles. The minimum atomic E-state index is -0.210. The first-order valence-corrected chi connectivity index (χ1v) is 11.5. The maximum absolute atomic E-state index is 12.8. The van der Waals surface area contributed by atoms with Crippen LogP contribution in [0, 0.1) is 24.7 Å². The minimum Gasteiger partial charge on any atom is -0.376 e. The second kappa shape index (κ2) is 8.31. The van der Waals surface area contributed by atoms with E-state index >= 15 is 0 Å². The normalized spacial score (nSPS) is 25.6. The smallest absolute Gasteiger partial charge is 0.343 e. The van der Waals surface area contributed by atoms with Gasteiger partial charge in [0.05, 0.1) is 12.6 Å². The minimum absolute atomic E-state index is 0.187. The van der Waals surface area contributed by atoms with Crippen LogP contribution in [0.15, 0.2) is 4.99 Å². The predicted octanol–water partition coefficient (Wildman–Crippen LogP) is 4.95. The van der Waals surface area contributed by atoms with Crippen molar-refractivity contribution in [3.05, 3.63) is 15.4 Å². The largest absolute Gasteiger partial charge is 0.376 e. The number of hydrogen-bond acceptors (Lipinski definition) is 3. The average molecular weight is 408 g/mol. The first-order chi connectivity index (χ1) is 13.0. The molecular formula is C22H37N3O2S. The van der Waals surface area contributed by atoms with Gasteiger partial charge in [0.1, 0.15) is 0 Å². The van der Waals surface area contributed by atoms with Gasteiger partial charge in [-0.2, -0.15) is 4.99 Å². The predicted molar refractivity (Wildman–Crippen MR) is 115 cm³/mol. The summed E-state index contributed by atoms with van der Waals surface area (Å²) in [5.41, 5.74) is 1.67. The molecule has 1 aromatic heterocycles. The molecule has 0 spiro atoms. The van der Waals surface area contributed by atoms with Crippen molar-refractivity contribution < 1.29 is 9.53 Å². The lowest BCUT2D eigenvalue weighted by molar-refractivity contribution is 0.00524. The van der Waals surface area contributed by atoms with Crippen LogP contribution in [-0.4, -0.2) is 29.4 Å². The lowest BCUT2D eigenvalue weighted by Crippen LogP contribution is -2.45. The number of thiazole rings is 1. The maximum atomic E-state index is 12.8. The molecule has 1 atom stereocenters. The molecule has 1 aliphatic heterocycles. The molecule has 3 rings (SSSR count). The Bertz CT molecular complexity index is 753. The summed E-state index contributed by atoms with van der Waals surface area (Å²) in [6, 6.07) is -0.0228. The quantitative estimate of drug-likeness (QED) is 0.771. The number of amides is 2. The van der Waals surface area contributed by atoms with Crippen molar-refractivity contribution in [2.24, 2.45) is 15.8 Å². The summed E-state index contributed by atoms with van der Waals surface area (Å²) >= 11 is 1.60. The fourth-order valence-corrected chi connectivity index (χ4v) is 6.28. The topological polar surface area (TPSA) is 55.6 Å². The van der Waals surface area contributed by atoms with E-state index in [0.29, 0.717) is 0 Å². The fourth-order valence-electron chi connectivity index (χ4n) is 5.29. The monoisotopic (exact) mass is 407 g/mol. The van der Waals surface area contributed by atoms with E-state index in [2.05, 4.69) is 56.4 Å². The van der Waals surface area contributed by atoms with Crippen LogP contribution < -0.4 is 10.1 Å². The zero-order valence-corrected chi connectivity index (χ0v) is 19.2. The number of urea groups is 1. The van der Waals surface area contributed by atoms with Crippen LogP contribution in [-0.2, 0) is 11.3 Å². The first-order valence-electron chi connectivity index (χ1n) is 10.7. The van der Waals surface area contributed by atoms with E-state index in [9.17, 15) is 4.79 Å². The molecule has 2 fully saturated rings. The van der Waals surface area contributed by atoms with Gasteiger partial charge in [-0.25, -0.2) is 4.79 Å². The van der Waals surface area contributed by atoms with Crippen molar-refractivity contribution >= 4 is 17.4 Å². The fraction of sp³-hybridized carbons (Fsp3) is 0.818. The van der Waals surface area contributed by atoms with Crippen LogP contribution >= 0.6 is 11.3 Å².